The van der Waals surface area contributed by atoms with Gasteiger partial charge in [0.05, 0.1) is 15.4 Å². The van der Waals surface area contributed by atoms with Gasteiger partial charge in [-0.05, 0) is 18.2 Å². The number of rotatable bonds is 3. The Labute approximate surface area is 96.0 Å². The van der Waals surface area contributed by atoms with E-state index in [1.807, 2.05) is 0 Å². The maximum atomic E-state index is 10.8. The molecule has 0 heterocycles. The summed E-state index contributed by atoms with van der Waals surface area (Å²) in [6, 6.07) is 1.57. The van der Waals surface area contributed by atoms with Crippen molar-refractivity contribution in [3.63, 3.8) is 0 Å². The number of carboxylic acid groups (broad SMARTS) is 1. The van der Waals surface area contributed by atoms with Crippen molar-refractivity contribution < 1.29 is 35.8 Å². The lowest BCUT2D eigenvalue weighted by Crippen LogP contribution is -2.07. The van der Waals surface area contributed by atoms with Crippen molar-refractivity contribution in [2.24, 2.45) is 0 Å². The Morgan fingerprint density at radius 3 is 1.47 bits per heavy atom. The zero-order valence-electron chi connectivity index (χ0n) is 7.93. The van der Waals surface area contributed by atoms with E-state index in [4.69, 9.17) is 14.2 Å². The second kappa shape index (κ2) is 4.07. The summed E-state index contributed by atoms with van der Waals surface area (Å²) in [5.74, 6) is -1.61. The van der Waals surface area contributed by atoms with Gasteiger partial charge in [-0.25, -0.2) is 4.79 Å². The van der Waals surface area contributed by atoms with Crippen LogP contribution in [0.5, 0.6) is 0 Å². The first kappa shape index (κ1) is 13.6. The third-order valence-electron chi connectivity index (χ3n) is 1.72. The van der Waals surface area contributed by atoms with Crippen LogP contribution in [0.3, 0.4) is 0 Å². The minimum Gasteiger partial charge on any atom is -0.478 e. The van der Waals surface area contributed by atoms with Crippen LogP contribution in [0.1, 0.15) is 10.4 Å². The maximum absolute atomic E-state index is 10.8. The molecule has 0 aromatic heterocycles. The molecule has 0 aliphatic heterocycles. The monoisotopic (exact) mass is 282 g/mol. The normalized spacial score (nSPS) is 12.4. The van der Waals surface area contributed by atoms with E-state index >= 15 is 0 Å². The van der Waals surface area contributed by atoms with Crippen molar-refractivity contribution in [2.45, 2.75) is 9.79 Å². The summed E-state index contributed by atoms with van der Waals surface area (Å²) in [7, 11) is -9.56. The molecule has 0 fully saturated rings. The van der Waals surface area contributed by atoms with Crippen LogP contribution >= 0.6 is 0 Å². The molecule has 0 radical (unpaired) electrons. The van der Waals surface area contributed by atoms with Crippen LogP contribution in [-0.4, -0.2) is 37.0 Å². The van der Waals surface area contributed by atoms with Gasteiger partial charge in [-0.1, -0.05) is 0 Å². The first-order valence-corrected chi connectivity index (χ1v) is 6.73. The van der Waals surface area contributed by atoms with Gasteiger partial charge >= 0.3 is 5.97 Å². The quantitative estimate of drug-likeness (QED) is 0.650. The summed E-state index contributed by atoms with van der Waals surface area (Å²) in [5, 5.41) is 8.61. The third kappa shape index (κ3) is 3.23. The lowest BCUT2D eigenvalue weighted by Gasteiger charge is -2.03. The van der Waals surface area contributed by atoms with E-state index in [-0.39, 0.29) is 0 Å². The predicted octanol–water partition coefficient (Wildman–Crippen LogP) is -0.122. The maximum Gasteiger partial charge on any atom is 0.335 e. The summed E-state index contributed by atoms with van der Waals surface area (Å²) < 4.78 is 60.5. The fraction of sp³-hybridized carbons (Fsp3) is 0. The molecule has 17 heavy (non-hydrogen) atoms. The molecule has 1 rings (SSSR count). The van der Waals surface area contributed by atoms with Crippen LogP contribution < -0.4 is 0 Å². The fourth-order valence-corrected chi connectivity index (χ4v) is 2.17. The minimum absolute atomic E-state index is 0.442. The van der Waals surface area contributed by atoms with Crippen molar-refractivity contribution in [3.8, 4) is 0 Å². The largest absolute Gasteiger partial charge is 0.478 e. The van der Waals surface area contributed by atoms with Gasteiger partial charge in [0.25, 0.3) is 20.2 Å². The van der Waals surface area contributed by atoms with Crippen LogP contribution in [0, 0.1) is 0 Å². The van der Waals surface area contributed by atoms with Crippen molar-refractivity contribution in [1.82, 2.24) is 0 Å². The summed E-state index contributed by atoms with van der Waals surface area (Å²) in [5.41, 5.74) is -0.701. The Bertz CT molecular complexity index is 620. The highest BCUT2D eigenvalue weighted by molar-refractivity contribution is 7.86. The topological polar surface area (TPSA) is 146 Å². The van der Waals surface area contributed by atoms with Gasteiger partial charge in [0, 0.05) is 0 Å². The van der Waals surface area contributed by atoms with E-state index in [1.165, 1.54) is 0 Å². The van der Waals surface area contributed by atoms with Gasteiger partial charge in [-0.15, -0.1) is 0 Å². The SMILES string of the molecule is O=C(O)c1cc(S(=O)(=O)O)cc(S(=O)(=O)O)c1. The number of benzene rings is 1. The number of carbonyl (C=O) groups is 1. The number of hydrogen-bond donors (Lipinski definition) is 3. The number of aromatic carboxylic acids is 1. The van der Waals surface area contributed by atoms with Crippen molar-refractivity contribution in [1.29, 1.82) is 0 Å². The lowest BCUT2D eigenvalue weighted by molar-refractivity contribution is 0.0696. The highest BCUT2D eigenvalue weighted by atomic mass is 32.2. The second-order valence-electron chi connectivity index (χ2n) is 2.95. The van der Waals surface area contributed by atoms with Crippen LogP contribution in [0.15, 0.2) is 28.0 Å². The van der Waals surface area contributed by atoms with Crippen LogP contribution in [0.4, 0.5) is 0 Å². The molecule has 0 saturated heterocycles. The highest BCUT2D eigenvalue weighted by Gasteiger charge is 2.20. The van der Waals surface area contributed by atoms with Crippen molar-refractivity contribution in [3.05, 3.63) is 23.8 Å². The molecule has 0 atom stereocenters. The summed E-state index contributed by atoms with van der Waals surface area (Å²) in [4.78, 5) is 8.73. The summed E-state index contributed by atoms with van der Waals surface area (Å²) in [6.45, 7) is 0. The molecule has 10 heteroatoms. The molecule has 0 spiro atoms. The number of hydrogen-bond acceptors (Lipinski definition) is 5. The van der Waals surface area contributed by atoms with E-state index in [9.17, 15) is 21.6 Å². The Hall–Kier alpha value is -1.49. The summed E-state index contributed by atoms with van der Waals surface area (Å²) >= 11 is 0. The molecular formula is C7H6O8S2. The van der Waals surface area contributed by atoms with Crippen LogP contribution in [0.25, 0.3) is 0 Å². The molecule has 0 saturated carbocycles. The summed E-state index contributed by atoms with van der Waals surface area (Å²) in [6.07, 6.45) is 0. The third-order valence-corrected chi connectivity index (χ3v) is 3.39. The molecule has 1 aromatic carbocycles. The Balaban J connectivity index is 3.68. The van der Waals surface area contributed by atoms with Crippen LogP contribution in [-0.2, 0) is 20.2 Å². The molecule has 0 aliphatic carbocycles. The van der Waals surface area contributed by atoms with E-state index in [0.29, 0.717) is 18.2 Å². The molecule has 0 bridgehead atoms. The lowest BCUT2D eigenvalue weighted by atomic mass is 10.2. The van der Waals surface area contributed by atoms with E-state index in [1.54, 1.807) is 0 Å². The van der Waals surface area contributed by atoms with Crippen molar-refractivity contribution in [2.75, 3.05) is 0 Å². The van der Waals surface area contributed by atoms with E-state index < -0.39 is 41.6 Å². The Morgan fingerprint density at radius 1 is 0.882 bits per heavy atom. The minimum atomic E-state index is -4.78. The average molecular weight is 282 g/mol. The van der Waals surface area contributed by atoms with E-state index in [2.05, 4.69) is 0 Å². The Morgan fingerprint density at radius 2 is 1.24 bits per heavy atom. The molecule has 3 N–H and O–H groups in total. The predicted molar refractivity (Wildman–Crippen MR) is 53.0 cm³/mol. The standard InChI is InChI=1S/C7H6O8S2/c8-7(9)4-1-5(16(10,11)12)3-6(2-4)17(13,14)15/h1-3H,(H,8,9)(H,10,11,12)(H,13,14,15). The first-order chi connectivity index (χ1) is 7.51. The highest BCUT2D eigenvalue weighted by Crippen LogP contribution is 2.18. The molecule has 94 valence electrons. The Kier molecular flexibility index (Phi) is 3.25. The molecule has 8 nitrogen and oxygen atoms in total. The van der Waals surface area contributed by atoms with Gasteiger partial charge in [0.1, 0.15) is 0 Å². The molecule has 0 aliphatic rings. The second-order valence-corrected chi connectivity index (χ2v) is 5.79. The zero-order chi connectivity index (χ0) is 13.4. The van der Waals surface area contributed by atoms with E-state index in [0.717, 1.165) is 0 Å². The molecule has 0 amide bonds. The number of carboxylic acids is 1. The molecule has 1 aromatic rings. The smallest absolute Gasteiger partial charge is 0.335 e. The zero-order valence-corrected chi connectivity index (χ0v) is 9.56. The van der Waals surface area contributed by atoms with Gasteiger partial charge in [0.15, 0.2) is 0 Å². The van der Waals surface area contributed by atoms with Gasteiger partial charge in [0.2, 0.25) is 0 Å². The van der Waals surface area contributed by atoms with Gasteiger partial charge < -0.3 is 5.11 Å². The van der Waals surface area contributed by atoms with Crippen LogP contribution in [0.2, 0.25) is 0 Å². The average Bonchev–Trinajstić information content (AvgIpc) is 2.14. The molecule has 0 unspecified atom stereocenters. The molecular weight excluding hydrogens is 276 g/mol. The van der Waals surface area contributed by atoms with Gasteiger partial charge in [-0.2, -0.15) is 16.8 Å². The fourth-order valence-electron chi connectivity index (χ4n) is 0.993. The first-order valence-electron chi connectivity index (χ1n) is 3.85. The van der Waals surface area contributed by atoms with Gasteiger partial charge in [-0.3, -0.25) is 9.11 Å². The van der Waals surface area contributed by atoms with Crippen molar-refractivity contribution >= 4 is 26.2 Å².